The van der Waals surface area contributed by atoms with E-state index in [1.54, 1.807) is 13.0 Å². The largest absolute Gasteiger partial charge is 0.513 e. The highest BCUT2D eigenvalue weighted by atomic mass is 16.3. The van der Waals surface area contributed by atoms with Gasteiger partial charge in [-0.15, -0.1) is 0 Å². The number of carbonyl (C=O) groups is 1. The maximum Gasteiger partial charge on any atom is 0.204 e. The molecule has 5 N–H and O–H groups in total. The monoisotopic (exact) mass is 515 g/mol. The summed E-state index contributed by atoms with van der Waals surface area (Å²) in [6.07, 6.45) is 14.3. The van der Waals surface area contributed by atoms with E-state index in [4.69, 9.17) is 4.79 Å². The summed E-state index contributed by atoms with van der Waals surface area (Å²) in [4.78, 5) is 17.9. The minimum Gasteiger partial charge on any atom is -0.513 e. The predicted molar refractivity (Wildman–Crippen MR) is 162 cm³/mol. The summed E-state index contributed by atoms with van der Waals surface area (Å²) >= 11 is 0. The Bertz CT molecular complexity index is 1150. The van der Waals surface area contributed by atoms with Crippen LogP contribution in [0.25, 0.3) is 6.08 Å². The van der Waals surface area contributed by atoms with Crippen LogP contribution >= 0.6 is 0 Å². The molecule has 0 bridgehead atoms. The molecule has 1 amide bonds. The molecule has 7 heteroatoms. The number of carbonyl (C=O) groups excluding carboxylic acids is 1. The van der Waals surface area contributed by atoms with Crippen LogP contribution in [0.5, 0.6) is 0 Å². The molecule has 0 unspecified atom stereocenters. The number of amides is 1. The van der Waals surface area contributed by atoms with Crippen molar-refractivity contribution >= 4 is 30.1 Å². The third-order valence-electron chi connectivity index (χ3n) is 6.17. The molecule has 1 saturated heterocycles. The van der Waals surface area contributed by atoms with Crippen LogP contribution in [-0.2, 0) is 11.2 Å². The lowest BCUT2D eigenvalue weighted by atomic mass is 9.98. The first-order chi connectivity index (χ1) is 18.4. The number of anilines is 2. The number of hydrogen-bond acceptors (Lipinski definition) is 6. The topological polar surface area (TPSA) is 108 Å². The van der Waals surface area contributed by atoms with Gasteiger partial charge in [0.05, 0.1) is 5.76 Å². The second kappa shape index (κ2) is 16.5. The Morgan fingerprint density at radius 2 is 1.71 bits per heavy atom. The molecule has 202 valence electrons. The SMILES string of the molecule is C/C(O)=C/C=C/c1cc(CC2=CN=CCC2)ccc1N1CCN(c2ccccc2C)CC1.C=CN.NC=O. The van der Waals surface area contributed by atoms with E-state index < -0.39 is 0 Å². The van der Waals surface area contributed by atoms with Crippen LogP contribution in [0.3, 0.4) is 0 Å². The number of hydrogen-bond donors (Lipinski definition) is 3. The summed E-state index contributed by atoms with van der Waals surface area (Å²) in [5.41, 5.74) is 16.6. The third-order valence-corrected chi connectivity index (χ3v) is 6.17. The Labute approximate surface area is 227 Å². The Kier molecular flexibility index (Phi) is 13.0. The number of nitrogens with zero attached hydrogens (tertiary/aromatic N) is 3. The summed E-state index contributed by atoms with van der Waals surface area (Å²) in [5, 5.41) is 9.55. The van der Waals surface area contributed by atoms with E-state index in [2.05, 4.69) is 88.3 Å². The number of aliphatic imine (C=N–C) groups is 1. The van der Waals surface area contributed by atoms with Gasteiger partial charge in [0.25, 0.3) is 0 Å². The second-order valence-corrected chi connectivity index (χ2v) is 9.03. The molecule has 2 aromatic carbocycles. The van der Waals surface area contributed by atoms with Crippen molar-refractivity contribution in [2.24, 2.45) is 16.5 Å². The van der Waals surface area contributed by atoms with E-state index in [1.807, 2.05) is 18.5 Å². The molecule has 2 aliphatic heterocycles. The van der Waals surface area contributed by atoms with Crippen LogP contribution in [0.2, 0.25) is 0 Å². The second-order valence-electron chi connectivity index (χ2n) is 9.03. The summed E-state index contributed by atoms with van der Waals surface area (Å²) in [6, 6.07) is 15.5. The summed E-state index contributed by atoms with van der Waals surface area (Å²) in [7, 11) is 0. The average Bonchev–Trinajstić information content (AvgIpc) is 2.91. The van der Waals surface area contributed by atoms with Gasteiger partial charge < -0.3 is 26.4 Å². The van der Waals surface area contributed by atoms with Crippen LogP contribution in [0.15, 0.2) is 89.9 Å². The molecule has 2 aliphatic rings. The maximum absolute atomic E-state index is 9.55. The quantitative estimate of drug-likeness (QED) is 0.276. The van der Waals surface area contributed by atoms with Crippen molar-refractivity contribution in [3.05, 3.63) is 102 Å². The molecule has 0 atom stereocenters. The zero-order valence-electron chi connectivity index (χ0n) is 22.6. The van der Waals surface area contributed by atoms with E-state index in [9.17, 15) is 5.11 Å². The molecule has 7 nitrogen and oxygen atoms in total. The molecular formula is C31H41N5O2. The average molecular weight is 516 g/mol. The van der Waals surface area contributed by atoms with Gasteiger partial charge in [0.1, 0.15) is 0 Å². The number of benzene rings is 2. The van der Waals surface area contributed by atoms with Crippen molar-refractivity contribution in [1.82, 2.24) is 0 Å². The number of aliphatic hydroxyl groups excluding tert-OH is 1. The maximum atomic E-state index is 9.55. The van der Waals surface area contributed by atoms with Crippen molar-refractivity contribution in [2.45, 2.75) is 33.1 Å². The molecule has 0 aliphatic carbocycles. The van der Waals surface area contributed by atoms with E-state index in [1.165, 1.54) is 39.8 Å². The van der Waals surface area contributed by atoms with Gasteiger partial charge in [-0.05, 0) is 85.8 Å². The molecule has 0 saturated carbocycles. The fraction of sp³-hybridized carbons (Fsp3) is 0.290. The highest BCUT2D eigenvalue weighted by molar-refractivity contribution is 5.70. The summed E-state index contributed by atoms with van der Waals surface area (Å²) in [6.45, 7) is 11.0. The summed E-state index contributed by atoms with van der Waals surface area (Å²) in [5.74, 6) is 0.316. The first-order valence-corrected chi connectivity index (χ1v) is 12.8. The van der Waals surface area contributed by atoms with Crippen LogP contribution < -0.4 is 21.3 Å². The minimum atomic E-state index is 0.250. The van der Waals surface area contributed by atoms with Gasteiger partial charge in [0.15, 0.2) is 0 Å². The van der Waals surface area contributed by atoms with Crippen molar-refractivity contribution < 1.29 is 9.90 Å². The number of nitrogens with two attached hydrogens (primary N) is 2. The van der Waals surface area contributed by atoms with Gasteiger partial charge in [-0.1, -0.05) is 43.0 Å². The summed E-state index contributed by atoms with van der Waals surface area (Å²) < 4.78 is 0. The van der Waals surface area contributed by atoms with Crippen molar-refractivity contribution in [1.29, 1.82) is 0 Å². The van der Waals surface area contributed by atoms with Crippen molar-refractivity contribution in [3.8, 4) is 0 Å². The lowest BCUT2D eigenvalue weighted by Gasteiger charge is -2.38. The normalized spacial score (nSPS) is 15.1. The molecule has 4 rings (SSSR count). The zero-order chi connectivity index (χ0) is 27.8. The van der Waals surface area contributed by atoms with E-state index in [0.717, 1.165) is 45.4 Å². The molecule has 2 aromatic rings. The van der Waals surface area contributed by atoms with Gasteiger partial charge in [-0.25, -0.2) is 0 Å². The minimum absolute atomic E-state index is 0.250. The number of aliphatic hydroxyl groups is 1. The standard InChI is InChI=1S/C28H33N3O.C2H5N.CH3NO/c1-22-7-3-4-11-27(22)30-15-17-31(18-16-30)28-13-12-24(19-25-9-6-14-29-21-25)20-26(28)10-5-8-23(2)32;1-2-3;2-1-3/h3-5,7-8,10-14,20-21,32H,6,9,15-19H2,1-2H3;2H,1,3H2;1H,(H2,2,3)/b10-5+,23-8-;;. The van der Waals surface area contributed by atoms with Crippen molar-refractivity contribution in [3.63, 3.8) is 0 Å². The highest BCUT2D eigenvalue weighted by Crippen LogP contribution is 2.28. The van der Waals surface area contributed by atoms with E-state index in [-0.39, 0.29) is 6.41 Å². The number of piperazine rings is 1. The Morgan fingerprint density at radius 3 is 2.29 bits per heavy atom. The molecule has 2 heterocycles. The number of para-hydroxylation sites is 1. The van der Waals surface area contributed by atoms with Crippen LogP contribution in [0.1, 0.15) is 36.5 Å². The lowest BCUT2D eigenvalue weighted by molar-refractivity contribution is -0.106. The molecule has 0 spiro atoms. The Morgan fingerprint density at radius 1 is 1.08 bits per heavy atom. The molecule has 0 aromatic heterocycles. The van der Waals surface area contributed by atoms with Crippen LogP contribution in [0, 0.1) is 6.92 Å². The fourth-order valence-corrected chi connectivity index (χ4v) is 4.48. The first kappa shape index (κ1) is 30.0. The lowest BCUT2D eigenvalue weighted by Crippen LogP contribution is -2.47. The van der Waals surface area contributed by atoms with Crippen LogP contribution in [0.4, 0.5) is 11.4 Å². The van der Waals surface area contributed by atoms with E-state index in [0.29, 0.717) is 5.76 Å². The Balaban J connectivity index is 0.000000773. The van der Waals surface area contributed by atoms with Gasteiger partial charge >= 0.3 is 0 Å². The van der Waals surface area contributed by atoms with E-state index >= 15 is 0 Å². The highest BCUT2D eigenvalue weighted by Gasteiger charge is 2.20. The predicted octanol–water partition coefficient (Wildman–Crippen LogP) is 5.28. The molecule has 1 fully saturated rings. The fourth-order valence-electron chi connectivity index (χ4n) is 4.48. The molecular weight excluding hydrogens is 474 g/mol. The Hall–Kier alpha value is -4.26. The molecule has 38 heavy (non-hydrogen) atoms. The van der Waals surface area contributed by atoms with Gasteiger partial charge in [0.2, 0.25) is 6.41 Å². The number of primary amides is 1. The zero-order valence-corrected chi connectivity index (χ0v) is 22.6. The van der Waals surface area contributed by atoms with Gasteiger partial charge in [-0.2, -0.15) is 0 Å². The number of rotatable bonds is 6. The smallest absolute Gasteiger partial charge is 0.204 e. The number of aryl methyl sites for hydroxylation is 1. The molecule has 0 radical (unpaired) electrons. The number of allylic oxidation sites excluding steroid dienone is 4. The van der Waals surface area contributed by atoms with Crippen molar-refractivity contribution in [2.75, 3.05) is 36.0 Å². The van der Waals surface area contributed by atoms with Gasteiger partial charge in [-0.3, -0.25) is 9.79 Å². The van der Waals surface area contributed by atoms with Crippen LogP contribution in [-0.4, -0.2) is 43.9 Å². The van der Waals surface area contributed by atoms with Gasteiger partial charge in [0, 0.05) is 50.0 Å². The first-order valence-electron chi connectivity index (χ1n) is 12.8. The third kappa shape index (κ3) is 9.65.